The van der Waals surface area contributed by atoms with Crippen LogP contribution < -0.4 is 5.32 Å². The van der Waals surface area contributed by atoms with Gasteiger partial charge in [-0.2, -0.15) is 9.90 Å². The van der Waals surface area contributed by atoms with Crippen LogP contribution in [0.3, 0.4) is 0 Å². The molecule has 2 aliphatic rings. The topological polar surface area (TPSA) is 100 Å². The maximum atomic E-state index is 13.0. The summed E-state index contributed by atoms with van der Waals surface area (Å²) in [5.74, 6) is -0.865. The van der Waals surface area contributed by atoms with Crippen molar-refractivity contribution in [2.45, 2.75) is 37.8 Å². The van der Waals surface area contributed by atoms with Crippen molar-refractivity contribution in [1.29, 1.82) is 0 Å². The minimum atomic E-state index is -0.814. The molecule has 2 fully saturated rings. The zero-order valence-electron chi connectivity index (χ0n) is 15.3. The number of rotatable bonds is 8. The number of benzene rings is 1. The van der Waals surface area contributed by atoms with E-state index < -0.39 is 5.97 Å². The van der Waals surface area contributed by atoms with Gasteiger partial charge in [-0.15, -0.1) is 5.10 Å². The summed E-state index contributed by atoms with van der Waals surface area (Å²) in [7, 11) is 0. The van der Waals surface area contributed by atoms with E-state index in [1.807, 2.05) is 4.90 Å². The zero-order valence-corrected chi connectivity index (χ0v) is 15.3. The van der Waals surface area contributed by atoms with Gasteiger partial charge in [-0.3, -0.25) is 14.5 Å². The number of nitrogens with zero attached hydrogens (tertiary/aromatic N) is 4. The summed E-state index contributed by atoms with van der Waals surface area (Å²) < 4.78 is 13.0. The fourth-order valence-corrected chi connectivity index (χ4v) is 3.48. The highest BCUT2D eigenvalue weighted by molar-refractivity contribution is 5.92. The molecule has 0 unspecified atom stereocenters. The van der Waals surface area contributed by atoms with Gasteiger partial charge in [-0.1, -0.05) is 0 Å². The Morgan fingerprint density at radius 1 is 1.25 bits per heavy atom. The maximum absolute atomic E-state index is 13.0. The lowest BCUT2D eigenvalue weighted by molar-refractivity contribution is -0.139. The molecule has 1 aromatic carbocycles. The summed E-state index contributed by atoms with van der Waals surface area (Å²) in [4.78, 5) is 26.8. The van der Waals surface area contributed by atoms with Crippen molar-refractivity contribution in [1.82, 2.24) is 25.2 Å². The third-order valence-corrected chi connectivity index (χ3v) is 5.27. The average molecular weight is 387 g/mol. The predicted octanol–water partition coefficient (Wildman–Crippen LogP) is 1.46. The monoisotopic (exact) mass is 387 g/mol. The van der Waals surface area contributed by atoms with E-state index in [9.17, 15) is 14.0 Å². The van der Waals surface area contributed by atoms with Gasteiger partial charge in [0.1, 0.15) is 5.82 Å². The number of amides is 1. The van der Waals surface area contributed by atoms with Gasteiger partial charge in [0.15, 0.2) is 5.69 Å². The molecule has 8 nitrogen and oxygen atoms in total. The molecule has 0 radical (unpaired) electrons. The van der Waals surface area contributed by atoms with Crippen LogP contribution in [0.2, 0.25) is 0 Å². The van der Waals surface area contributed by atoms with Crippen LogP contribution in [-0.4, -0.2) is 62.0 Å². The third-order valence-electron chi connectivity index (χ3n) is 5.27. The Hall–Kier alpha value is -2.81. The van der Waals surface area contributed by atoms with Gasteiger partial charge in [0.05, 0.1) is 18.4 Å². The van der Waals surface area contributed by atoms with E-state index in [0.29, 0.717) is 11.6 Å². The van der Waals surface area contributed by atoms with E-state index in [1.54, 1.807) is 0 Å². The Morgan fingerprint density at radius 2 is 1.96 bits per heavy atom. The highest BCUT2D eigenvalue weighted by atomic mass is 19.1. The number of carboxylic acid groups (broad SMARTS) is 1. The smallest absolute Gasteiger partial charge is 0.317 e. The first-order chi connectivity index (χ1) is 13.5. The van der Waals surface area contributed by atoms with Crippen molar-refractivity contribution in [2.75, 3.05) is 13.1 Å². The number of aliphatic carboxylic acids is 1. The molecule has 148 valence electrons. The molecule has 2 aromatic rings. The van der Waals surface area contributed by atoms with Crippen LogP contribution in [0.25, 0.3) is 5.69 Å². The summed E-state index contributed by atoms with van der Waals surface area (Å²) in [6.07, 6.45) is 5.19. The summed E-state index contributed by atoms with van der Waals surface area (Å²) in [5, 5.41) is 20.2. The lowest BCUT2D eigenvalue weighted by Gasteiger charge is -2.42. The van der Waals surface area contributed by atoms with E-state index in [1.165, 1.54) is 48.1 Å². The van der Waals surface area contributed by atoms with E-state index in [0.717, 1.165) is 19.4 Å². The minimum Gasteiger partial charge on any atom is -0.480 e. The lowest BCUT2D eigenvalue weighted by Crippen LogP contribution is -2.55. The van der Waals surface area contributed by atoms with Crippen LogP contribution in [0.5, 0.6) is 0 Å². The van der Waals surface area contributed by atoms with Crippen LogP contribution >= 0.6 is 0 Å². The van der Waals surface area contributed by atoms with Crippen molar-refractivity contribution in [3.8, 4) is 5.69 Å². The summed E-state index contributed by atoms with van der Waals surface area (Å²) in [6.45, 7) is 0.872. The van der Waals surface area contributed by atoms with Crippen molar-refractivity contribution in [3.63, 3.8) is 0 Å². The van der Waals surface area contributed by atoms with E-state index >= 15 is 0 Å². The molecule has 0 saturated heterocycles. The minimum absolute atomic E-state index is 0.00368. The fraction of sp³-hybridized carbons (Fsp3) is 0.474. The highest BCUT2D eigenvalue weighted by Gasteiger charge is 2.38. The quantitative estimate of drug-likeness (QED) is 0.711. The summed E-state index contributed by atoms with van der Waals surface area (Å²) in [5.41, 5.74) is 0.752. The molecule has 2 aliphatic carbocycles. The van der Waals surface area contributed by atoms with Gasteiger partial charge in [0, 0.05) is 18.6 Å². The SMILES string of the molecule is O=C(O)CN(CC1CC1)C1CC(NC(=O)c2cnn(-c3ccc(F)cc3)n2)C1. The first-order valence-electron chi connectivity index (χ1n) is 9.43. The molecule has 28 heavy (non-hydrogen) atoms. The maximum Gasteiger partial charge on any atom is 0.317 e. The Bertz CT molecular complexity index is 859. The normalized spacial score (nSPS) is 21.4. The summed E-state index contributed by atoms with van der Waals surface area (Å²) in [6, 6.07) is 5.87. The molecule has 0 bridgehead atoms. The number of halogens is 1. The molecule has 1 aromatic heterocycles. The Morgan fingerprint density at radius 3 is 2.61 bits per heavy atom. The number of hydrogen-bond acceptors (Lipinski definition) is 5. The number of carbonyl (C=O) groups excluding carboxylic acids is 1. The molecule has 2 saturated carbocycles. The van der Waals surface area contributed by atoms with Crippen LogP contribution in [0.15, 0.2) is 30.5 Å². The van der Waals surface area contributed by atoms with Gasteiger partial charge in [-0.25, -0.2) is 4.39 Å². The van der Waals surface area contributed by atoms with Gasteiger partial charge >= 0.3 is 5.97 Å². The first-order valence-corrected chi connectivity index (χ1v) is 9.43. The third kappa shape index (κ3) is 4.36. The zero-order chi connectivity index (χ0) is 19.7. The first kappa shape index (κ1) is 18.5. The van der Waals surface area contributed by atoms with Crippen molar-refractivity contribution in [2.24, 2.45) is 5.92 Å². The number of aromatic nitrogens is 3. The van der Waals surface area contributed by atoms with E-state index in [-0.39, 0.29) is 36.0 Å². The average Bonchev–Trinajstić information content (AvgIpc) is 3.29. The van der Waals surface area contributed by atoms with Gasteiger partial charge < -0.3 is 10.4 Å². The molecule has 0 spiro atoms. The molecular formula is C19H22FN5O3. The Kier molecular flexibility index (Phi) is 5.08. The summed E-state index contributed by atoms with van der Waals surface area (Å²) >= 11 is 0. The van der Waals surface area contributed by atoms with Gasteiger partial charge in [-0.05, 0) is 55.9 Å². The van der Waals surface area contributed by atoms with Crippen LogP contribution in [-0.2, 0) is 4.79 Å². The lowest BCUT2D eigenvalue weighted by atomic mass is 9.85. The Labute approximate surface area is 161 Å². The molecular weight excluding hydrogens is 365 g/mol. The fourth-order valence-electron chi connectivity index (χ4n) is 3.48. The molecule has 9 heteroatoms. The standard InChI is InChI=1S/C19H22FN5O3/c20-13-3-5-15(6-4-13)25-21-9-17(23-25)19(28)22-14-7-16(8-14)24(11-18(26)27)10-12-1-2-12/h3-6,9,12,14,16H,1-2,7-8,10-11H2,(H,22,28)(H,26,27). The van der Waals surface area contributed by atoms with Gasteiger partial charge in [0.2, 0.25) is 0 Å². The molecule has 0 atom stereocenters. The van der Waals surface area contributed by atoms with E-state index in [2.05, 4.69) is 15.5 Å². The van der Waals surface area contributed by atoms with Crippen LogP contribution in [0, 0.1) is 11.7 Å². The number of carboxylic acids is 1. The number of hydrogen-bond donors (Lipinski definition) is 2. The van der Waals surface area contributed by atoms with Crippen LogP contribution in [0.4, 0.5) is 4.39 Å². The molecule has 2 N–H and O–H groups in total. The van der Waals surface area contributed by atoms with Crippen molar-refractivity contribution < 1.29 is 19.1 Å². The van der Waals surface area contributed by atoms with E-state index in [4.69, 9.17) is 5.11 Å². The van der Waals surface area contributed by atoms with Crippen molar-refractivity contribution >= 4 is 11.9 Å². The van der Waals surface area contributed by atoms with Crippen LogP contribution in [0.1, 0.15) is 36.2 Å². The largest absolute Gasteiger partial charge is 0.480 e. The second kappa shape index (κ2) is 7.67. The molecule has 1 heterocycles. The highest BCUT2D eigenvalue weighted by Crippen LogP contribution is 2.33. The Balaban J connectivity index is 1.30. The number of nitrogens with one attached hydrogen (secondary N) is 1. The van der Waals surface area contributed by atoms with Crippen molar-refractivity contribution in [3.05, 3.63) is 42.0 Å². The second-order valence-electron chi connectivity index (χ2n) is 7.56. The van der Waals surface area contributed by atoms with Gasteiger partial charge in [0.25, 0.3) is 5.91 Å². The molecule has 4 rings (SSSR count). The second-order valence-corrected chi connectivity index (χ2v) is 7.56. The number of carbonyl (C=O) groups is 2. The predicted molar refractivity (Wildman–Crippen MR) is 97.5 cm³/mol. The molecule has 1 amide bonds. The molecule has 0 aliphatic heterocycles.